The molecule has 0 radical (unpaired) electrons. The second kappa shape index (κ2) is 5.21. The summed E-state index contributed by atoms with van der Waals surface area (Å²) in [6, 6.07) is 7.81. The zero-order valence-electron chi connectivity index (χ0n) is 11.9. The third kappa shape index (κ3) is 2.69. The van der Waals surface area contributed by atoms with Gasteiger partial charge >= 0.3 is 0 Å². The molecule has 2 aromatic rings. The van der Waals surface area contributed by atoms with E-state index >= 15 is 0 Å². The number of sulfonamides is 1. The van der Waals surface area contributed by atoms with Crippen molar-refractivity contribution in [1.82, 2.24) is 19.1 Å². The molecule has 112 valence electrons. The molecule has 1 aromatic heterocycles. The molecule has 1 aliphatic rings. The Morgan fingerprint density at radius 3 is 2.81 bits per heavy atom. The van der Waals surface area contributed by atoms with E-state index < -0.39 is 10.0 Å². The first kappa shape index (κ1) is 14.2. The van der Waals surface area contributed by atoms with Crippen LogP contribution in [0.5, 0.6) is 0 Å². The molecular formula is C13H16N4O3S. The average Bonchev–Trinajstić information content (AvgIpc) is 2.72. The van der Waals surface area contributed by atoms with E-state index in [2.05, 4.69) is 10.2 Å². The van der Waals surface area contributed by atoms with E-state index in [0.717, 1.165) is 11.3 Å². The van der Waals surface area contributed by atoms with Crippen molar-refractivity contribution in [3.05, 3.63) is 41.5 Å². The highest BCUT2D eigenvalue weighted by molar-refractivity contribution is 7.88. The Kier molecular flexibility index (Phi) is 3.52. The lowest BCUT2D eigenvalue weighted by Gasteiger charge is -2.15. The fourth-order valence-corrected chi connectivity index (χ4v) is 2.60. The third-order valence-corrected chi connectivity index (χ3v) is 4.71. The van der Waals surface area contributed by atoms with Crippen LogP contribution in [0.2, 0.25) is 0 Å². The van der Waals surface area contributed by atoms with Gasteiger partial charge in [-0.25, -0.2) is 8.42 Å². The van der Waals surface area contributed by atoms with Crippen LogP contribution in [0.15, 0.2) is 24.3 Å². The first-order valence-corrected chi connectivity index (χ1v) is 8.32. The molecule has 2 heterocycles. The SMILES string of the molecule is CN(Cc1nnc2n1-c1ccccc1COC2)S(C)(=O)=O. The van der Waals surface area contributed by atoms with Gasteiger partial charge in [-0.3, -0.25) is 4.57 Å². The van der Waals surface area contributed by atoms with E-state index in [4.69, 9.17) is 4.74 Å². The summed E-state index contributed by atoms with van der Waals surface area (Å²) in [5, 5.41) is 8.24. The number of hydrogen-bond donors (Lipinski definition) is 0. The number of nitrogens with zero attached hydrogens (tertiary/aromatic N) is 4. The number of aromatic nitrogens is 3. The van der Waals surface area contributed by atoms with Crippen molar-refractivity contribution in [2.75, 3.05) is 13.3 Å². The Hall–Kier alpha value is -1.77. The summed E-state index contributed by atoms with van der Waals surface area (Å²) in [6.07, 6.45) is 1.17. The molecule has 3 rings (SSSR count). The van der Waals surface area contributed by atoms with Gasteiger partial charge in [-0.2, -0.15) is 4.31 Å². The highest BCUT2D eigenvalue weighted by Crippen LogP contribution is 2.23. The minimum absolute atomic E-state index is 0.167. The Bertz CT molecular complexity index is 769. The molecule has 0 N–H and O–H groups in total. The number of benzene rings is 1. The minimum Gasteiger partial charge on any atom is -0.369 e. The second-order valence-corrected chi connectivity index (χ2v) is 7.10. The van der Waals surface area contributed by atoms with Gasteiger partial charge in [0.05, 0.1) is 25.1 Å². The maximum absolute atomic E-state index is 11.6. The number of ether oxygens (including phenoxy) is 1. The molecule has 0 saturated carbocycles. The predicted molar refractivity (Wildman–Crippen MR) is 76.2 cm³/mol. The van der Waals surface area contributed by atoms with E-state index in [-0.39, 0.29) is 6.54 Å². The maximum Gasteiger partial charge on any atom is 0.211 e. The van der Waals surface area contributed by atoms with Crippen molar-refractivity contribution in [3.63, 3.8) is 0 Å². The summed E-state index contributed by atoms with van der Waals surface area (Å²) in [7, 11) is -1.75. The molecule has 0 aliphatic carbocycles. The van der Waals surface area contributed by atoms with Gasteiger partial charge in [-0.1, -0.05) is 18.2 Å². The molecule has 0 saturated heterocycles. The van der Waals surface area contributed by atoms with Gasteiger partial charge in [-0.05, 0) is 6.07 Å². The third-order valence-electron chi connectivity index (χ3n) is 3.45. The lowest BCUT2D eigenvalue weighted by atomic mass is 10.2. The number of rotatable bonds is 3. The highest BCUT2D eigenvalue weighted by atomic mass is 32.2. The monoisotopic (exact) mass is 308 g/mol. The molecular weight excluding hydrogens is 292 g/mol. The van der Waals surface area contributed by atoms with E-state index in [9.17, 15) is 8.42 Å². The van der Waals surface area contributed by atoms with Crippen LogP contribution in [0.3, 0.4) is 0 Å². The number of para-hydroxylation sites is 1. The topological polar surface area (TPSA) is 77.3 Å². The summed E-state index contributed by atoms with van der Waals surface area (Å²) >= 11 is 0. The molecule has 1 aromatic carbocycles. The lowest BCUT2D eigenvalue weighted by molar-refractivity contribution is 0.105. The van der Waals surface area contributed by atoms with E-state index in [0.29, 0.717) is 24.9 Å². The van der Waals surface area contributed by atoms with Gasteiger partial charge in [-0.15, -0.1) is 10.2 Å². The van der Waals surface area contributed by atoms with E-state index in [1.807, 2.05) is 28.8 Å². The summed E-state index contributed by atoms with van der Waals surface area (Å²) in [5.41, 5.74) is 1.96. The lowest BCUT2D eigenvalue weighted by Crippen LogP contribution is -2.26. The largest absolute Gasteiger partial charge is 0.369 e. The molecule has 0 spiro atoms. The molecule has 0 amide bonds. The van der Waals surface area contributed by atoms with Gasteiger partial charge in [0, 0.05) is 12.6 Å². The molecule has 0 fully saturated rings. The van der Waals surface area contributed by atoms with E-state index in [1.165, 1.54) is 17.6 Å². The molecule has 21 heavy (non-hydrogen) atoms. The molecule has 8 heteroatoms. The Morgan fingerprint density at radius 2 is 2.05 bits per heavy atom. The predicted octanol–water partition coefficient (Wildman–Crippen LogP) is 0.689. The highest BCUT2D eigenvalue weighted by Gasteiger charge is 2.22. The molecule has 0 atom stereocenters. The van der Waals surface area contributed by atoms with Crippen molar-refractivity contribution >= 4 is 10.0 Å². The second-order valence-electron chi connectivity index (χ2n) is 5.01. The molecule has 7 nitrogen and oxygen atoms in total. The van der Waals surface area contributed by atoms with Crippen LogP contribution in [0.4, 0.5) is 0 Å². The Labute approximate surface area is 123 Å². The first-order chi connectivity index (χ1) is 9.97. The summed E-state index contributed by atoms with van der Waals surface area (Å²) in [6.45, 7) is 1.02. The van der Waals surface area contributed by atoms with Crippen LogP contribution in [0.25, 0.3) is 5.69 Å². The van der Waals surface area contributed by atoms with Crippen LogP contribution in [0, 0.1) is 0 Å². The van der Waals surface area contributed by atoms with Crippen LogP contribution >= 0.6 is 0 Å². The van der Waals surface area contributed by atoms with Crippen LogP contribution in [-0.2, 0) is 34.5 Å². The Morgan fingerprint density at radius 1 is 1.29 bits per heavy atom. The maximum atomic E-state index is 11.6. The molecule has 1 aliphatic heterocycles. The van der Waals surface area contributed by atoms with Crippen molar-refractivity contribution in [1.29, 1.82) is 0 Å². The van der Waals surface area contributed by atoms with Crippen LogP contribution < -0.4 is 0 Å². The van der Waals surface area contributed by atoms with Gasteiger partial charge in [0.15, 0.2) is 11.6 Å². The van der Waals surface area contributed by atoms with Crippen LogP contribution in [0.1, 0.15) is 17.2 Å². The van der Waals surface area contributed by atoms with Crippen molar-refractivity contribution in [2.24, 2.45) is 0 Å². The molecule has 0 unspecified atom stereocenters. The van der Waals surface area contributed by atoms with Gasteiger partial charge in [0.2, 0.25) is 10.0 Å². The number of fused-ring (bicyclic) bond motifs is 3. The quantitative estimate of drug-likeness (QED) is 0.833. The standard InChI is InChI=1S/C13H16N4O3S/c1-16(21(2,18)19)7-12-14-15-13-9-20-8-10-5-3-4-6-11(10)17(12)13/h3-6H,7-9H2,1-2H3. The molecule has 0 bridgehead atoms. The van der Waals surface area contributed by atoms with Crippen LogP contribution in [-0.4, -0.2) is 40.8 Å². The van der Waals surface area contributed by atoms with Gasteiger partial charge in [0.1, 0.15) is 6.61 Å². The Balaban J connectivity index is 2.07. The summed E-state index contributed by atoms with van der Waals surface area (Å²) in [4.78, 5) is 0. The van der Waals surface area contributed by atoms with Gasteiger partial charge < -0.3 is 4.74 Å². The fourth-order valence-electron chi connectivity index (χ4n) is 2.25. The minimum atomic E-state index is -3.27. The summed E-state index contributed by atoms with van der Waals surface area (Å²) in [5.74, 6) is 1.26. The van der Waals surface area contributed by atoms with Crippen molar-refractivity contribution in [3.8, 4) is 5.69 Å². The fraction of sp³-hybridized carbons (Fsp3) is 0.385. The normalized spacial score (nSPS) is 14.6. The van der Waals surface area contributed by atoms with Crippen molar-refractivity contribution < 1.29 is 13.2 Å². The summed E-state index contributed by atoms with van der Waals surface area (Å²) < 4.78 is 31.9. The number of hydrogen-bond acceptors (Lipinski definition) is 5. The van der Waals surface area contributed by atoms with Crippen molar-refractivity contribution in [2.45, 2.75) is 19.8 Å². The van der Waals surface area contributed by atoms with Gasteiger partial charge in [0.25, 0.3) is 0 Å². The first-order valence-electron chi connectivity index (χ1n) is 6.47. The average molecular weight is 308 g/mol. The smallest absolute Gasteiger partial charge is 0.211 e. The zero-order chi connectivity index (χ0) is 15.0. The van der Waals surface area contributed by atoms with E-state index in [1.54, 1.807) is 0 Å². The zero-order valence-corrected chi connectivity index (χ0v) is 12.7.